The smallest absolute Gasteiger partial charge is 0.165 e. The fourth-order valence-electron chi connectivity index (χ4n) is 9.48. The van der Waals surface area contributed by atoms with Crippen molar-refractivity contribution in [3.05, 3.63) is 23.3 Å². The molecule has 5 heteroatoms. The van der Waals surface area contributed by atoms with Crippen molar-refractivity contribution in [2.45, 2.75) is 87.6 Å². The average Bonchev–Trinajstić information content (AvgIpc) is 3.23. The summed E-state index contributed by atoms with van der Waals surface area (Å²) in [6.07, 6.45) is 3.85. The van der Waals surface area contributed by atoms with Crippen LogP contribution in [0.1, 0.15) is 64.5 Å². The number of hydrogen-bond donors (Lipinski definition) is 3. The van der Waals surface area contributed by atoms with Crippen molar-refractivity contribution in [3.63, 3.8) is 0 Å². The van der Waals surface area contributed by atoms with Crippen LogP contribution in [0.3, 0.4) is 0 Å². The molecule has 8 atom stereocenters. The highest BCUT2D eigenvalue weighted by Gasteiger charge is 2.89. The van der Waals surface area contributed by atoms with E-state index < -0.39 is 11.2 Å². The molecule has 0 aromatic heterocycles. The van der Waals surface area contributed by atoms with E-state index >= 15 is 0 Å². The van der Waals surface area contributed by atoms with Crippen LogP contribution >= 0.6 is 0 Å². The van der Waals surface area contributed by atoms with Gasteiger partial charge >= 0.3 is 0 Å². The molecule has 2 aliphatic heterocycles. The molecule has 1 aromatic carbocycles. The Labute approximate surface area is 178 Å². The maximum Gasteiger partial charge on any atom is 0.165 e. The zero-order valence-corrected chi connectivity index (χ0v) is 18.6. The van der Waals surface area contributed by atoms with E-state index in [9.17, 15) is 10.2 Å². The molecule has 5 aliphatic carbocycles. The minimum Gasteiger partial charge on any atom is -0.504 e. The van der Waals surface area contributed by atoms with Crippen molar-refractivity contribution in [1.29, 1.82) is 0 Å². The van der Waals surface area contributed by atoms with Gasteiger partial charge in [0.25, 0.3) is 0 Å². The number of nitrogens with one attached hydrogen (secondary N) is 1. The lowest BCUT2D eigenvalue weighted by Crippen LogP contribution is -2.80. The summed E-state index contributed by atoms with van der Waals surface area (Å²) in [4.78, 5) is 0. The third kappa shape index (κ3) is 1.39. The number of hydrogen-bond acceptors (Lipinski definition) is 5. The van der Waals surface area contributed by atoms with Gasteiger partial charge in [-0.05, 0) is 49.7 Å². The number of methoxy groups -OCH3 is 1. The Morgan fingerprint density at radius 3 is 2.60 bits per heavy atom. The lowest BCUT2D eigenvalue weighted by atomic mass is 9.37. The quantitative estimate of drug-likeness (QED) is 0.698. The summed E-state index contributed by atoms with van der Waals surface area (Å²) in [5.41, 5.74) is 0.991. The van der Waals surface area contributed by atoms with Crippen molar-refractivity contribution >= 4 is 0 Å². The summed E-state index contributed by atoms with van der Waals surface area (Å²) < 4.78 is 13.2. The van der Waals surface area contributed by atoms with Gasteiger partial charge in [0.1, 0.15) is 11.7 Å². The van der Waals surface area contributed by atoms with Crippen LogP contribution in [0.15, 0.2) is 12.1 Å². The lowest BCUT2D eigenvalue weighted by Gasteiger charge is -2.71. The van der Waals surface area contributed by atoms with E-state index in [4.69, 9.17) is 9.47 Å². The topological polar surface area (TPSA) is 71.0 Å². The van der Waals surface area contributed by atoms with Crippen molar-refractivity contribution in [1.82, 2.24) is 5.32 Å². The third-order valence-corrected chi connectivity index (χ3v) is 11.2. The van der Waals surface area contributed by atoms with E-state index in [1.165, 1.54) is 11.1 Å². The molecule has 3 spiro atoms. The van der Waals surface area contributed by atoms with Gasteiger partial charge in [0.2, 0.25) is 0 Å². The van der Waals surface area contributed by atoms with Crippen LogP contribution in [0.5, 0.6) is 11.5 Å². The molecule has 0 radical (unpaired) electrons. The van der Waals surface area contributed by atoms with Crippen LogP contribution in [-0.2, 0) is 15.6 Å². The van der Waals surface area contributed by atoms with E-state index in [1.807, 2.05) is 13.0 Å². The predicted octanol–water partition coefficient (Wildman–Crippen LogP) is 3.00. The second kappa shape index (κ2) is 4.57. The van der Waals surface area contributed by atoms with E-state index in [-0.39, 0.29) is 39.4 Å². The molecular weight excluding hydrogens is 378 g/mol. The van der Waals surface area contributed by atoms with Crippen LogP contribution in [0.25, 0.3) is 0 Å². The number of ether oxygens (including phenoxy) is 2. The first-order valence-corrected chi connectivity index (χ1v) is 11.6. The van der Waals surface area contributed by atoms with Gasteiger partial charge < -0.3 is 25.0 Å². The standard InChI is InChI=1S/C25H33NO4/c1-20(2,3)21(4,28)15-10-23-8-9-25(15,29-5)19-24(23)11-22(12-26-18(22)23)13-6-7-14(27)17(30-19)16(13)24/h6-7,15,18-19,26-28H,8-12H2,1-5H3/t15-,18-,19-,21+,22?,23-,24+,25-/m1/s1. The lowest BCUT2D eigenvalue weighted by molar-refractivity contribution is -0.290. The highest BCUT2D eigenvalue weighted by molar-refractivity contribution is 5.71. The van der Waals surface area contributed by atoms with Crippen molar-refractivity contribution in [2.24, 2.45) is 16.7 Å². The van der Waals surface area contributed by atoms with Crippen molar-refractivity contribution < 1.29 is 19.7 Å². The number of fused-ring (bicyclic) bond motifs is 2. The maximum atomic E-state index is 12.0. The minimum absolute atomic E-state index is 0.0296. The van der Waals surface area contributed by atoms with E-state index in [2.05, 4.69) is 32.2 Å². The van der Waals surface area contributed by atoms with Crippen LogP contribution in [-0.4, -0.2) is 47.2 Å². The Bertz CT molecular complexity index is 1010. The predicted molar refractivity (Wildman–Crippen MR) is 112 cm³/mol. The zero-order valence-electron chi connectivity index (χ0n) is 18.6. The number of benzene rings is 1. The first-order valence-electron chi connectivity index (χ1n) is 11.6. The molecule has 5 fully saturated rings. The Morgan fingerprint density at radius 1 is 1.20 bits per heavy atom. The molecule has 5 nitrogen and oxygen atoms in total. The molecule has 4 saturated carbocycles. The van der Waals surface area contributed by atoms with Crippen molar-refractivity contribution in [3.8, 4) is 11.5 Å². The van der Waals surface area contributed by atoms with E-state index in [1.54, 1.807) is 7.11 Å². The van der Waals surface area contributed by atoms with Gasteiger partial charge in [-0.2, -0.15) is 0 Å². The first kappa shape index (κ1) is 18.3. The normalized spacial score (nSPS) is 50.5. The fourth-order valence-corrected chi connectivity index (χ4v) is 9.48. The molecular formula is C25H33NO4. The second-order valence-electron chi connectivity index (χ2n) is 12.4. The van der Waals surface area contributed by atoms with Gasteiger partial charge in [0.15, 0.2) is 11.5 Å². The van der Waals surface area contributed by atoms with Gasteiger partial charge in [-0.25, -0.2) is 0 Å². The summed E-state index contributed by atoms with van der Waals surface area (Å²) in [7, 11) is 1.81. The molecule has 30 heavy (non-hydrogen) atoms. The van der Waals surface area contributed by atoms with Gasteiger partial charge in [0.05, 0.1) is 5.60 Å². The molecule has 162 valence electrons. The average molecular weight is 412 g/mol. The monoisotopic (exact) mass is 411 g/mol. The van der Waals surface area contributed by atoms with Crippen molar-refractivity contribution in [2.75, 3.05) is 13.7 Å². The molecule has 0 amide bonds. The van der Waals surface area contributed by atoms with Crippen LogP contribution in [0.4, 0.5) is 0 Å². The minimum atomic E-state index is -0.903. The summed E-state index contributed by atoms with van der Waals surface area (Å²) in [5.74, 6) is 0.923. The number of phenols is 1. The molecule has 8 rings (SSSR count). The molecule has 1 aromatic rings. The highest BCUT2D eigenvalue weighted by atomic mass is 16.6. The molecule has 1 saturated heterocycles. The number of aromatic hydroxyl groups is 1. The molecule has 1 unspecified atom stereocenters. The Kier molecular flexibility index (Phi) is 2.79. The summed E-state index contributed by atoms with van der Waals surface area (Å²) in [6.45, 7) is 9.40. The third-order valence-electron chi connectivity index (χ3n) is 11.2. The highest BCUT2D eigenvalue weighted by Crippen LogP contribution is 2.85. The molecule has 7 aliphatic rings. The van der Waals surface area contributed by atoms with Crippen LogP contribution in [0.2, 0.25) is 0 Å². The van der Waals surface area contributed by atoms with Crippen LogP contribution in [0, 0.1) is 16.7 Å². The van der Waals surface area contributed by atoms with Crippen LogP contribution < -0.4 is 10.1 Å². The Hall–Kier alpha value is -1.30. The molecule has 4 bridgehead atoms. The Balaban J connectivity index is 1.53. The molecule has 3 N–H and O–H groups in total. The summed E-state index contributed by atoms with van der Waals surface area (Å²) in [6, 6.07) is 4.40. The van der Waals surface area contributed by atoms with E-state index in [0.29, 0.717) is 11.8 Å². The fraction of sp³-hybridized carbons (Fsp3) is 0.760. The number of phenolic OH excluding ortho intramolecular Hbond substituents is 1. The molecule has 2 heterocycles. The SMILES string of the molecule is CO[C@]12CC[C@@]3(C[C@@H]1[C@](C)(O)C(C)(C)C)[C@@H]1NCC14C[C@@]31c3c4ccc(O)c3O[C@@H]21. The second-order valence-corrected chi connectivity index (χ2v) is 12.4. The number of rotatable bonds is 2. The van der Waals surface area contributed by atoms with Gasteiger partial charge in [-0.15, -0.1) is 0 Å². The maximum absolute atomic E-state index is 12.0. The summed E-state index contributed by atoms with van der Waals surface area (Å²) >= 11 is 0. The number of aliphatic hydroxyl groups is 1. The summed E-state index contributed by atoms with van der Waals surface area (Å²) in [5, 5.41) is 26.6. The van der Waals surface area contributed by atoms with E-state index in [0.717, 1.165) is 32.2 Å². The largest absolute Gasteiger partial charge is 0.504 e. The van der Waals surface area contributed by atoms with Gasteiger partial charge in [0, 0.05) is 47.4 Å². The van der Waals surface area contributed by atoms with Gasteiger partial charge in [-0.1, -0.05) is 26.8 Å². The first-order chi connectivity index (χ1) is 14.0. The zero-order chi connectivity index (χ0) is 21.1. The Morgan fingerprint density at radius 2 is 1.97 bits per heavy atom. The van der Waals surface area contributed by atoms with Gasteiger partial charge in [-0.3, -0.25) is 0 Å².